The summed E-state index contributed by atoms with van der Waals surface area (Å²) < 4.78 is 7.29. The van der Waals surface area contributed by atoms with Crippen LogP contribution in [-0.4, -0.2) is 22.7 Å². The second kappa shape index (κ2) is 6.92. The summed E-state index contributed by atoms with van der Waals surface area (Å²) in [5.74, 6) is 1.79. The molecule has 2 atom stereocenters. The molecular weight excluding hydrogens is 362 g/mol. The van der Waals surface area contributed by atoms with Gasteiger partial charge in [0.15, 0.2) is 0 Å². The van der Waals surface area contributed by atoms with Gasteiger partial charge in [-0.3, -0.25) is 4.79 Å². The van der Waals surface area contributed by atoms with Crippen LogP contribution in [0.3, 0.4) is 0 Å². The minimum Gasteiger partial charge on any atom is -0.497 e. The molecule has 2 heterocycles. The number of para-hydroxylation sites is 1. The summed E-state index contributed by atoms with van der Waals surface area (Å²) in [5, 5.41) is 8.40. The van der Waals surface area contributed by atoms with Crippen molar-refractivity contribution in [2.24, 2.45) is 5.92 Å². The first-order valence-corrected chi connectivity index (χ1v) is 9.96. The molecule has 146 valence electrons. The van der Waals surface area contributed by atoms with Crippen molar-refractivity contribution in [3.8, 4) is 11.4 Å². The molecular formula is C24H23N3O2. The summed E-state index contributed by atoms with van der Waals surface area (Å²) in [6, 6.07) is 18.2. The lowest BCUT2D eigenvalue weighted by molar-refractivity contribution is -0.122. The van der Waals surface area contributed by atoms with Gasteiger partial charge in [-0.1, -0.05) is 36.4 Å². The highest BCUT2D eigenvalue weighted by Crippen LogP contribution is 2.48. The van der Waals surface area contributed by atoms with Crippen LogP contribution in [0.5, 0.6) is 5.75 Å². The molecule has 5 heteroatoms. The number of hydrogen-bond donors (Lipinski definition) is 1. The number of aryl methyl sites for hydroxylation is 1. The Balaban J connectivity index is 1.72. The summed E-state index contributed by atoms with van der Waals surface area (Å²) in [6.07, 6.45) is 3.54. The topological polar surface area (TPSA) is 56.1 Å². The molecule has 1 aromatic heterocycles. The normalized spacial score (nSPS) is 20.3. The molecule has 0 fully saturated rings. The zero-order chi connectivity index (χ0) is 20.0. The third kappa shape index (κ3) is 2.85. The van der Waals surface area contributed by atoms with E-state index in [0.717, 1.165) is 46.2 Å². The van der Waals surface area contributed by atoms with Gasteiger partial charge in [-0.05, 0) is 43.2 Å². The zero-order valence-corrected chi connectivity index (χ0v) is 16.6. The lowest BCUT2D eigenvalue weighted by atomic mass is 9.72. The van der Waals surface area contributed by atoms with Crippen molar-refractivity contribution in [2.45, 2.75) is 25.7 Å². The average molecular weight is 385 g/mol. The molecule has 1 aliphatic carbocycles. The maximum absolute atomic E-state index is 13.0. The number of anilines is 1. The van der Waals surface area contributed by atoms with E-state index in [1.807, 2.05) is 54.1 Å². The molecule has 1 aliphatic heterocycles. The Hall–Kier alpha value is -3.34. The Bertz CT molecular complexity index is 1100. The van der Waals surface area contributed by atoms with Crippen LogP contribution in [0.4, 0.5) is 5.82 Å². The summed E-state index contributed by atoms with van der Waals surface area (Å²) in [7, 11) is 1.66. The summed E-state index contributed by atoms with van der Waals surface area (Å²) >= 11 is 0. The monoisotopic (exact) mass is 385 g/mol. The standard InChI is InChI=1S/C24H23N3O2/c1-15-21-22(16-11-13-18(29-2)14-12-16)23-19(9-6-10-20(23)28)25-24(21)27(26-15)17-7-4-3-5-8-17/h3-5,7-9,11-14,22-23,25H,6,10H2,1-2H3/t22-,23+/m1/s1. The largest absolute Gasteiger partial charge is 0.497 e. The van der Waals surface area contributed by atoms with Crippen LogP contribution < -0.4 is 10.1 Å². The molecule has 3 aromatic rings. The smallest absolute Gasteiger partial charge is 0.143 e. The number of nitrogens with one attached hydrogen (secondary N) is 1. The third-order valence-electron chi connectivity index (χ3n) is 5.93. The molecule has 29 heavy (non-hydrogen) atoms. The van der Waals surface area contributed by atoms with Crippen molar-refractivity contribution < 1.29 is 9.53 Å². The highest BCUT2D eigenvalue weighted by atomic mass is 16.5. The second-order valence-electron chi connectivity index (χ2n) is 7.61. The number of benzene rings is 2. The molecule has 1 N–H and O–H groups in total. The predicted octanol–water partition coefficient (Wildman–Crippen LogP) is 4.61. The van der Waals surface area contributed by atoms with E-state index in [0.29, 0.717) is 6.42 Å². The van der Waals surface area contributed by atoms with Crippen molar-refractivity contribution in [1.82, 2.24) is 9.78 Å². The summed E-state index contributed by atoms with van der Waals surface area (Å²) in [5.41, 5.74) is 5.13. The van der Waals surface area contributed by atoms with Crippen molar-refractivity contribution in [1.29, 1.82) is 0 Å². The summed E-state index contributed by atoms with van der Waals surface area (Å²) in [6.45, 7) is 2.03. The molecule has 0 radical (unpaired) electrons. The number of carbonyl (C=O) groups is 1. The minimum absolute atomic E-state index is 0.0614. The first-order chi connectivity index (χ1) is 14.2. The molecule has 0 saturated heterocycles. The van der Waals surface area contributed by atoms with Crippen molar-refractivity contribution >= 4 is 11.6 Å². The fourth-order valence-electron chi connectivity index (χ4n) is 4.58. The van der Waals surface area contributed by atoms with Gasteiger partial charge in [-0.25, -0.2) is 4.68 Å². The van der Waals surface area contributed by atoms with Crippen molar-refractivity contribution in [2.75, 3.05) is 12.4 Å². The number of fused-ring (bicyclic) bond motifs is 2. The first kappa shape index (κ1) is 17.7. The molecule has 5 nitrogen and oxygen atoms in total. The lowest BCUT2D eigenvalue weighted by Gasteiger charge is -2.36. The van der Waals surface area contributed by atoms with Crippen LogP contribution in [0.15, 0.2) is 66.4 Å². The number of ketones is 1. The van der Waals surface area contributed by atoms with Gasteiger partial charge in [-0.2, -0.15) is 5.10 Å². The van der Waals surface area contributed by atoms with E-state index in [4.69, 9.17) is 9.84 Å². The molecule has 0 bridgehead atoms. The maximum atomic E-state index is 13.0. The summed E-state index contributed by atoms with van der Waals surface area (Å²) in [4.78, 5) is 13.0. The van der Waals surface area contributed by atoms with Gasteiger partial charge in [-0.15, -0.1) is 0 Å². The van der Waals surface area contributed by atoms with Gasteiger partial charge in [0.25, 0.3) is 0 Å². The van der Waals surface area contributed by atoms with Crippen LogP contribution >= 0.6 is 0 Å². The van der Waals surface area contributed by atoms with Gasteiger partial charge in [0.2, 0.25) is 0 Å². The minimum atomic E-state index is -0.197. The highest BCUT2D eigenvalue weighted by molar-refractivity contribution is 5.89. The SMILES string of the molecule is COc1ccc([C@@H]2c3c(C)nn(-c4ccccc4)c3NC3=CCCC(=O)[C@H]32)cc1. The van der Waals surface area contributed by atoms with Gasteiger partial charge in [0, 0.05) is 23.6 Å². The Morgan fingerprint density at radius 1 is 1.07 bits per heavy atom. The molecule has 0 spiro atoms. The third-order valence-corrected chi connectivity index (χ3v) is 5.93. The Kier molecular flexibility index (Phi) is 4.23. The van der Waals surface area contributed by atoms with E-state index in [-0.39, 0.29) is 17.6 Å². The predicted molar refractivity (Wildman–Crippen MR) is 113 cm³/mol. The molecule has 0 amide bonds. The van der Waals surface area contributed by atoms with Gasteiger partial charge < -0.3 is 10.1 Å². The van der Waals surface area contributed by atoms with E-state index < -0.39 is 0 Å². The number of rotatable bonds is 3. The number of Topliss-reactive ketones (excluding diaryl/α,β-unsaturated/α-hetero) is 1. The fourth-order valence-corrected chi connectivity index (χ4v) is 4.58. The van der Waals surface area contributed by atoms with Gasteiger partial charge in [0.1, 0.15) is 17.4 Å². The van der Waals surface area contributed by atoms with Crippen LogP contribution in [0.25, 0.3) is 5.69 Å². The number of aromatic nitrogens is 2. The van der Waals surface area contributed by atoms with E-state index in [1.165, 1.54) is 0 Å². The highest BCUT2D eigenvalue weighted by Gasteiger charge is 2.42. The first-order valence-electron chi connectivity index (χ1n) is 9.96. The fraction of sp³-hybridized carbons (Fsp3) is 0.250. The Labute approximate surface area is 170 Å². The number of hydrogen-bond acceptors (Lipinski definition) is 4. The molecule has 2 aromatic carbocycles. The Morgan fingerprint density at radius 2 is 1.83 bits per heavy atom. The van der Waals surface area contributed by atoms with Crippen LogP contribution in [0, 0.1) is 12.8 Å². The molecule has 0 saturated carbocycles. The van der Waals surface area contributed by atoms with E-state index in [2.05, 4.69) is 23.5 Å². The lowest BCUT2D eigenvalue weighted by Crippen LogP contribution is -2.35. The van der Waals surface area contributed by atoms with Crippen LogP contribution in [0.1, 0.15) is 35.6 Å². The van der Waals surface area contributed by atoms with Gasteiger partial charge >= 0.3 is 0 Å². The zero-order valence-electron chi connectivity index (χ0n) is 16.6. The van der Waals surface area contributed by atoms with Crippen molar-refractivity contribution in [3.63, 3.8) is 0 Å². The number of nitrogens with zero attached hydrogens (tertiary/aromatic N) is 2. The van der Waals surface area contributed by atoms with E-state index in [1.54, 1.807) is 7.11 Å². The second-order valence-corrected chi connectivity index (χ2v) is 7.61. The quantitative estimate of drug-likeness (QED) is 0.715. The molecule has 2 aliphatic rings. The number of carbonyl (C=O) groups excluding carboxylic acids is 1. The molecule has 5 rings (SSSR count). The van der Waals surface area contributed by atoms with Crippen LogP contribution in [-0.2, 0) is 4.79 Å². The van der Waals surface area contributed by atoms with E-state index >= 15 is 0 Å². The number of methoxy groups -OCH3 is 1. The average Bonchev–Trinajstić information content (AvgIpc) is 3.09. The number of ether oxygens (including phenoxy) is 1. The van der Waals surface area contributed by atoms with E-state index in [9.17, 15) is 4.79 Å². The molecule has 0 unspecified atom stereocenters. The van der Waals surface area contributed by atoms with Crippen molar-refractivity contribution in [3.05, 3.63) is 83.2 Å². The Morgan fingerprint density at radius 3 is 2.55 bits per heavy atom. The van der Waals surface area contributed by atoms with Gasteiger partial charge in [0.05, 0.1) is 24.4 Å². The maximum Gasteiger partial charge on any atom is 0.143 e. The number of allylic oxidation sites excluding steroid dienone is 2. The van der Waals surface area contributed by atoms with Crippen LogP contribution in [0.2, 0.25) is 0 Å².